The highest BCUT2D eigenvalue weighted by Crippen LogP contribution is 2.23. The number of ether oxygens (including phenoxy) is 3. The Morgan fingerprint density at radius 3 is 2.26 bits per heavy atom. The lowest BCUT2D eigenvalue weighted by atomic mass is 10.0. The van der Waals surface area contributed by atoms with Gasteiger partial charge in [0.1, 0.15) is 12.7 Å². The Hall–Kier alpha value is -2.61. The molecule has 8 heteroatoms. The van der Waals surface area contributed by atoms with Crippen molar-refractivity contribution in [2.45, 2.75) is 25.7 Å². The van der Waals surface area contributed by atoms with E-state index in [9.17, 15) is 9.59 Å². The number of morpholine rings is 1. The van der Waals surface area contributed by atoms with Crippen LogP contribution in [0.2, 0.25) is 0 Å². The fraction of sp³-hybridized carbons (Fsp3) is 0.391. The first kappa shape index (κ1) is 24.7. The predicted octanol–water partition coefficient (Wildman–Crippen LogP) is 3.34. The maximum Gasteiger partial charge on any atom is 0.407 e. The van der Waals surface area contributed by atoms with E-state index >= 15 is 0 Å². The lowest BCUT2D eigenvalue weighted by molar-refractivity contribution is -0.148. The highest BCUT2D eigenvalue weighted by atomic mass is 35.5. The molecule has 0 radical (unpaired) electrons. The topological polar surface area (TPSA) is 77.1 Å². The van der Waals surface area contributed by atoms with Gasteiger partial charge in [0.25, 0.3) is 0 Å². The van der Waals surface area contributed by atoms with Gasteiger partial charge in [-0.05, 0) is 11.1 Å². The van der Waals surface area contributed by atoms with Crippen molar-refractivity contribution >= 4 is 24.5 Å². The van der Waals surface area contributed by atoms with Crippen LogP contribution in [0.4, 0.5) is 4.79 Å². The molecule has 0 unspecified atom stereocenters. The number of carbonyl (C=O) groups is 2. The van der Waals surface area contributed by atoms with E-state index in [-0.39, 0.29) is 19.0 Å². The monoisotopic (exact) mass is 448 g/mol. The molecule has 0 aromatic heterocycles. The van der Waals surface area contributed by atoms with Crippen LogP contribution in [0.1, 0.15) is 24.2 Å². The highest BCUT2D eigenvalue weighted by molar-refractivity contribution is 5.85. The molecule has 0 spiro atoms. The van der Waals surface area contributed by atoms with E-state index in [0.717, 1.165) is 24.2 Å². The van der Waals surface area contributed by atoms with Crippen molar-refractivity contribution in [2.24, 2.45) is 0 Å². The number of amides is 1. The molecular weight excluding hydrogens is 420 g/mol. The first-order chi connectivity index (χ1) is 14.6. The van der Waals surface area contributed by atoms with Gasteiger partial charge in [-0.1, -0.05) is 60.7 Å². The lowest BCUT2D eigenvalue weighted by Crippen LogP contribution is -2.50. The van der Waals surface area contributed by atoms with E-state index in [1.165, 1.54) is 6.92 Å². The average molecular weight is 449 g/mol. The summed E-state index contributed by atoms with van der Waals surface area (Å²) in [6, 6.07) is 18.4. The number of hydrogen-bond donors (Lipinski definition) is 1. The van der Waals surface area contributed by atoms with Crippen LogP contribution in [0.5, 0.6) is 0 Å². The maximum atomic E-state index is 12.6. The third-order valence-electron chi connectivity index (χ3n) is 4.86. The number of esters is 1. The van der Waals surface area contributed by atoms with Crippen LogP contribution in [0.15, 0.2) is 60.7 Å². The van der Waals surface area contributed by atoms with Crippen LogP contribution in [0.25, 0.3) is 0 Å². The minimum Gasteiger partial charge on any atom is -0.455 e. The number of halogens is 1. The van der Waals surface area contributed by atoms with E-state index < -0.39 is 24.2 Å². The van der Waals surface area contributed by atoms with E-state index in [1.807, 2.05) is 60.7 Å². The van der Waals surface area contributed by atoms with E-state index in [1.54, 1.807) is 0 Å². The molecule has 2 aromatic rings. The van der Waals surface area contributed by atoms with Gasteiger partial charge in [0.2, 0.25) is 0 Å². The number of hydrogen-bond acceptors (Lipinski definition) is 6. The summed E-state index contributed by atoms with van der Waals surface area (Å²) in [6.45, 7) is 4.81. The number of rotatable bonds is 8. The number of nitrogens with one attached hydrogen (secondary N) is 1. The Bertz CT molecular complexity index is 800. The largest absolute Gasteiger partial charge is 0.455 e. The van der Waals surface area contributed by atoms with Crippen LogP contribution in [0, 0.1) is 0 Å². The van der Waals surface area contributed by atoms with Crippen molar-refractivity contribution < 1.29 is 23.8 Å². The summed E-state index contributed by atoms with van der Waals surface area (Å²) in [4.78, 5) is 26.6. The van der Waals surface area contributed by atoms with Gasteiger partial charge in [0.05, 0.1) is 19.3 Å². The molecule has 1 aliphatic rings. The molecule has 0 saturated carbocycles. The van der Waals surface area contributed by atoms with Crippen LogP contribution in [-0.2, 0) is 25.6 Å². The number of nitrogens with zero attached hydrogens (tertiary/aromatic N) is 1. The van der Waals surface area contributed by atoms with Crippen LogP contribution < -0.4 is 5.32 Å². The number of benzene rings is 2. The van der Waals surface area contributed by atoms with Gasteiger partial charge < -0.3 is 19.5 Å². The molecule has 1 heterocycles. The second kappa shape index (κ2) is 12.9. The van der Waals surface area contributed by atoms with E-state index in [2.05, 4.69) is 10.2 Å². The third kappa shape index (κ3) is 8.20. The van der Waals surface area contributed by atoms with Gasteiger partial charge in [-0.2, -0.15) is 0 Å². The fourth-order valence-corrected chi connectivity index (χ4v) is 3.40. The van der Waals surface area contributed by atoms with Gasteiger partial charge in [-0.3, -0.25) is 9.69 Å². The van der Waals surface area contributed by atoms with E-state index in [4.69, 9.17) is 14.2 Å². The molecule has 0 aliphatic carbocycles. The summed E-state index contributed by atoms with van der Waals surface area (Å²) in [7, 11) is 0. The molecule has 1 amide bonds. The normalized spacial score (nSPS) is 15.8. The maximum absolute atomic E-state index is 12.6. The summed E-state index contributed by atoms with van der Waals surface area (Å²) in [5.41, 5.74) is 1.71. The summed E-state index contributed by atoms with van der Waals surface area (Å²) in [5, 5.41) is 2.92. The third-order valence-corrected chi connectivity index (χ3v) is 4.86. The van der Waals surface area contributed by atoms with Crippen LogP contribution in [0.3, 0.4) is 0 Å². The van der Waals surface area contributed by atoms with Crippen LogP contribution >= 0.6 is 12.4 Å². The van der Waals surface area contributed by atoms with Crippen molar-refractivity contribution in [3.05, 3.63) is 71.8 Å². The molecule has 1 N–H and O–H groups in total. The molecule has 0 bridgehead atoms. The number of alkyl carbamates (subject to hydrolysis) is 1. The first-order valence-corrected chi connectivity index (χ1v) is 10.1. The van der Waals surface area contributed by atoms with Gasteiger partial charge in [0, 0.05) is 26.6 Å². The first-order valence-electron chi connectivity index (χ1n) is 10.1. The van der Waals surface area contributed by atoms with Gasteiger partial charge in [0.15, 0.2) is 0 Å². The quantitative estimate of drug-likeness (QED) is 0.624. The molecule has 1 fully saturated rings. The Morgan fingerprint density at radius 1 is 1.03 bits per heavy atom. The van der Waals surface area contributed by atoms with Gasteiger partial charge >= 0.3 is 12.1 Å². The Kier molecular flexibility index (Phi) is 10.3. The predicted molar refractivity (Wildman–Crippen MR) is 119 cm³/mol. The van der Waals surface area contributed by atoms with Crippen molar-refractivity contribution in [2.75, 3.05) is 32.8 Å². The second-order valence-corrected chi connectivity index (χ2v) is 7.17. The average Bonchev–Trinajstić information content (AvgIpc) is 2.77. The minimum atomic E-state index is -0.629. The standard InChI is InChI=1S/C23H28N2O5.ClH/c1-18(26)30-22(20-10-6-3-7-11-20)21(16-25-12-14-28-15-13-25)24-23(27)29-17-19-8-4-2-5-9-19;/h2-11,21-22H,12-17H2,1H3,(H,24,27);1H/t21-,22-;/m0./s1. The molecular formula is C23H29ClN2O5. The summed E-state index contributed by atoms with van der Waals surface area (Å²) in [6.07, 6.45) is -1.18. The molecule has 1 aliphatic heterocycles. The van der Waals surface area contributed by atoms with Gasteiger partial charge in [-0.15, -0.1) is 12.4 Å². The lowest BCUT2D eigenvalue weighted by Gasteiger charge is -2.34. The Labute approximate surface area is 189 Å². The molecule has 31 heavy (non-hydrogen) atoms. The fourth-order valence-electron chi connectivity index (χ4n) is 3.40. The number of carbonyl (C=O) groups excluding carboxylic acids is 2. The zero-order valence-corrected chi connectivity index (χ0v) is 18.4. The molecule has 1 saturated heterocycles. The summed E-state index contributed by atoms with van der Waals surface area (Å²) >= 11 is 0. The molecule has 2 aromatic carbocycles. The molecule has 3 rings (SSSR count). The SMILES string of the molecule is CC(=O)O[C@@H](c1ccccc1)[C@H](CN1CCOCC1)NC(=O)OCc1ccccc1.Cl. The molecule has 7 nitrogen and oxygen atoms in total. The highest BCUT2D eigenvalue weighted by Gasteiger charge is 2.30. The zero-order valence-electron chi connectivity index (χ0n) is 17.6. The summed E-state index contributed by atoms with van der Waals surface area (Å²) in [5.74, 6) is -0.407. The second-order valence-electron chi connectivity index (χ2n) is 7.17. The van der Waals surface area contributed by atoms with E-state index in [0.29, 0.717) is 19.8 Å². The van der Waals surface area contributed by atoms with Crippen molar-refractivity contribution in [3.8, 4) is 0 Å². The van der Waals surface area contributed by atoms with Crippen molar-refractivity contribution in [1.82, 2.24) is 10.2 Å². The smallest absolute Gasteiger partial charge is 0.407 e. The minimum absolute atomic E-state index is 0. The molecule has 2 atom stereocenters. The Balaban J connectivity index is 0.00000341. The zero-order chi connectivity index (χ0) is 21.2. The Morgan fingerprint density at radius 2 is 1.65 bits per heavy atom. The van der Waals surface area contributed by atoms with Crippen LogP contribution in [-0.4, -0.2) is 55.9 Å². The van der Waals surface area contributed by atoms with Crippen molar-refractivity contribution in [3.63, 3.8) is 0 Å². The summed E-state index contributed by atoms with van der Waals surface area (Å²) < 4.78 is 16.5. The molecule has 168 valence electrons. The van der Waals surface area contributed by atoms with Crippen molar-refractivity contribution in [1.29, 1.82) is 0 Å². The van der Waals surface area contributed by atoms with Gasteiger partial charge in [-0.25, -0.2) is 4.79 Å².